The number of nitrogens with one attached hydrogen (secondary N) is 1. The number of benzene rings is 1. The number of amides is 1. The van der Waals surface area contributed by atoms with E-state index in [9.17, 15) is 4.79 Å². The van der Waals surface area contributed by atoms with Crippen LogP contribution < -0.4 is 11.1 Å². The van der Waals surface area contributed by atoms with Gasteiger partial charge in [-0.1, -0.05) is 24.0 Å². The largest absolute Gasteiger partial charge is 0.355 e. The van der Waals surface area contributed by atoms with Gasteiger partial charge >= 0.3 is 0 Å². The van der Waals surface area contributed by atoms with Crippen molar-refractivity contribution in [2.24, 2.45) is 5.73 Å². The highest BCUT2D eigenvalue weighted by Gasteiger charge is 2.14. The molecule has 1 saturated heterocycles. The molecule has 0 aliphatic carbocycles. The Kier molecular flexibility index (Phi) is 4.96. The van der Waals surface area contributed by atoms with Crippen LogP contribution in [0.4, 0.5) is 0 Å². The van der Waals surface area contributed by atoms with Gasteiger partial charge in [-0.25, -0.2) is 0 Å². The number of hydrogen-bond acceptors (Lipinski definition) is 3. The molecule has 0 aromatic heterocycles. The van der Waals surface area contributed by atoms with E-state index in [0.29, 0.717) is 13.1 Å². The van der Waals surface area contributed by atoms with Crippen molar-refractivity contribution in [3.8, 4) is 11.8 Å². The molecule has 1 aliphatic heterocycles. The molecule has 4 heteroatoms. The molecule has 100 valence electrons. The van der Waals surface area contributed by atoms with E-state index in [1.165, 1.54) is 5.56 Å². The van der Waals surface area contributed by atoms with E-state index >= 15 is 0 Å². The molecule has 1 aromatic carbocycles. The van der Waals surface area contributed by atoms with Crippen LogP contribution >= 0.6 is 0 Å². The average molecular weight is 257 g/mol. The number of carbonyl (C=O) groups excluding carboxylic acids is 1. The number of rotatable bonds is 2. The maximum Gasteiger partial charge on any atom is 0.234 e. The van der Waals surface area contributed by atoms with Gasteiger partial charge in [0, 0.05) is 25.2 Å². The lowest BCUT2D eigenvalue weighted by Gasteiger charge is -2.18. The second-order valence-electron chi connectivity index (χ2n) is 4.62. The van der Waals surface area contributed by atoms with Gasteiger partial charge in [0.05, 0.1) is 13.1 Å². The Morgan fingerprint density at radius 1 is 1.42 bits per heavy atom. The third-order valence-electron chi connectivity index (χ3n) is 3.01. The summed E-state index contributed by atoms with van der Waals surface area (Å²) in [5.41, 5.74) is 7.52. The van der Waals surface area contributed by atoms with E-state index in [0.717, 1.165) is 31.6 Å². The first-order valence-electron chi connectivity index (χ1n) is 6.55. The first kappa shape index (κ1) is 13.6. The maximum atomic E-state index is 11.5. The monoisotopic (exact) mass is 257 g/mol. The van der Waals surface area contributed by atoms with Gasteiger partial charge in [-0.05, 0) is 24.1 Å². The molecule has 1 heterocycles. The fourth-order valence-electron chi connectivity index (χ4n) is 2.16. The van der Waals surface area contributed by atoms with Crippen LogP contribution in [0.1, 0.15) is 17.5 Å². The number of hydrogen-bond donors (Lipinski definition) is 2. The fraction of sp³-hybridized carbons (Fsp3) is 0.400. The minimum Gasteiger partial charge on any atom is -0.355 e. The first-order chi connectivity index (χ1) is 9.28. The van der Waals surface area contributed by atoms with Crippen LogP contribution in [0.25, 0.3) is 0 Å². The van der Waals surface area contributed by atoms with Crippen molar-refractivity contribution >= 4 is 5.91 Å². The van der Waals surface area contributed by atoms with Crippen molar-refractivity contribution in [1.82, 2.24) is 10.2 Å². The topological polar surface area (TPSA) is 58.4 Å². The van der Waals surface area contributed by atoms with Crippen LogP contribution in [-0.4, -0.2) is 37.0 Å². The summed E-state index contributed by atoms with van der Waals surface area (Å²) in [6, 6.07) is 8.09. The molecule has 1 fully saturated rings. The van der Waals surface area contributed by atoms with Gasteiger partial charge < -0.3 is 11.1 Å². The van der Waals surface area contributed by atoms with Gasteiger partial charge in [0.25, 0.3) is 0 Å². The minimum atomic E-state index is 0.108. The summed E-state index contributed by atoms with van der Waals surface area (Å²) in [5.74, 6) is 5.99. The normalized spacial score (nSPS) is 16.2. The lowest BCUT2D eigenvalue weighted by molar-refractivity contribution is -0.121. The molecular formula is C15H19N3O. The molecular weight excluding hydrogens is 238 g/mol. The summed E-state index contributed by atoms with van der Waals surface area (Å²) >= 11 is 0. The summed E-state index contributed by atoms with van der Waals surface area (Å²) in [7, 11) is 0. The molecule has 1 amide bonds. The molecule has 0 atom stereocenters. The molecule has 0 radical (unpaired) electrons. The molecule has 4 nitrogen and oxygen atoms in total. The van der Waals surface area contributed by atoms with E-state index in [-0.39, 0.29) is 5.91 Å². The standard InChI is InChI=1S/C15H19N3O/c16-7-2-6-13-4-1-5-14(10-13)11-18-9-3-8-17-15(19)12-18/h1,4-5,10H,3,7-9,11-12,16H2,(H,17,19). The van der Waals surface area contributed by atoms with Gasteiger partial charge in [0.2, 0.25) is 5.91 Å². The number of carbonyl (C=O) groups is 1. The lowest BCUT2D eigenvalue weighted by Crippen LogP contribution is -2.32. The van der Waals surface area contributed by atoms with Crippen molar-refractivity contribution in [2.75, 3.05) is 26.2 Å². The Labute approximate surface area is 114 Å². The van der Waals surface area contributed by atoms with Gasteiger partial charge in [0.1, 0.15) is 0 Å². The highest BCUT2D eigenvalue weighted by atomic mass is 16.2. The quantitative estimate of drug-likeness (QED) is 0.750. The molecule has 19 heavy (non-hydrogen) atoms. The molecule has 0 saturated carbocycles. The molecule has 0 spiro atoms. The minimum absolute atomic E-state index is 0.108. The molecule has 3 N–H and O–H groups in total. The molecule has 0 bridgehead atoms. The van der Waals surface area contributed by atoms with Gasteiger partial charge in [-0.15, -0.1) is 0 Å². The van der Waals surface area contributed by atoms with Gasteiger partial charge in [-0.3, -0.25) is 9.69 Å². The van der Waals surface area contributed by atoms with Crippen molar-refractivity contribution in [3.05, 3.63) is 35.4 Å². The van der Waals surface area contributed by atoms with E-state index in [4.69, 9.17) is 5.73 Å². The van der Waals surface area contributed by atoms with Crippen LogP contribution in [-0.2, 0) is 11.3 Å². The SMILES string of the molecule is NCC#Cc1cccc(CN2CCCNC(=O)C2)c1. The van der Waals surface area contributed by atoms with E-state index in [1.807, 2.05) is 12.1 Å². The zero-order chi connectivity index (χ0) is 13.5. The molecule has 0 unspecified atom stereocenters. The average Bonchev–Trinajstić information content (AvgIpc) is 2.61. The summed E-state index contributed by atoms with van der Waals surface area (Å²) in [5, 5.41) is 2.88. The highest BCUT2D eigenvalue weighted by molar-refractivity contribution is 5.78. The summed E-state index contributed by atoms with van der Waals surface area (Å²) in [6.45, 7) is 3.34. The Morgan fingerprint density at radius 2 is 2.32 bits per heavy atom. The Hall–Kier alpha value is -1.83. The number of nitrogens with two attached hydrogens (primary N) is 1. The van der Waals surface area contributed by atoms with Crippen LogP contribution in [0, 0.1) is 11.8 Å². The fourth-order valence-corrected chi connectivity index (χ4v) is 2.16. The Balaban J connectivity index is 2.03. The van der Waals surface area contributed by atoms with Crippen LogP contribution in [0.2, 0.25) is 0 Å². The Morgan fingerprint density at radius 3 is 3.16 bits per heavy atom. The van der Waals surface area contributed by atoms with E-state index in [2.05, 4.69) is 34.2 Å². The lowest BCUT2D eigenvalue weighted by atomic mass is 10.1. The third-order valence-corrected chi connectivity index (χ3v) is 3.01. The summed E-state index contributed by atoms with van der Waals surface area (Å²) < 4.78 is 0. The second kappa shape index (κ2) is 6.93. The van der Waals surface area contributed by atoms with Gasteiger partial charge in [-0.2, -0.15) is 0 Å². The summed E-state index contributed by atoms with van der Waals surface area (Å²) in [4.78, 5) is 13.7. The van der Waals surface area contributed by atoms with Crippen molar-refractivity contribution in [1.29, 1.82) is 0 Å². The first-order valence-corrected chi connectivity index (χ1v) is 6.55. The van der Waals surface area contributed by atoms with Crippen molar-refractivity contribution < 1.29 is 4.79 Å². The van der Waals surface area contributed by atoms with Gasteiger partial charge in [0.15, 0.2) is 0 Å². The smallest absolute Gasteiger partial charge is 0.234 e. The van der Waals surface area contributed by atoms with Crippen molar-refractivity contribution in [3.63, 3.8) is 0 Å². The Bertz CT molecular complexity index is 502. The van der Waals surface area contributed by atoms with E-state index in [1.54, 1.807) is 0 Å². The predicted octanol–water partition coefficient (Wildman–Crippen LogP) is 0.319. The third kappa shape index (κ3) is 4.40. The zero-order valence-electron chi connectivity index (χ0n) is 11.0. The van der Waals surface area contributed by atoms with Crippen LogP contribution in [0.15, 0.2) is 24.3 Å². The molecule has 1 aliphatic rings. The molecule has 1 aromatic rings. The predicted molar refractivity (Wildman–Crippen MR) is 75.3 cm³/mol. The van der Waals surface area contributed by atoms with Crippen molar-refractivity contribution in [2.45, 2.75) is 13.0 Å². The highest BCUT2D eigenvalue weighted by Crippen LogP contribution is 2.09. The summed E-state index contributed by atoms with van der Waals surface area (Å²) in [6.07, 6.45) is 0.998. The maximum absolute atomic E-state index is 11.5. The molecule has 2 rings (SSSR count). The number of nitrogens with zero attached hydrogens (tertiary/aromatic N) is 1. The van der Waals surface area contributed by atoms with Crippen LogP contribution in [0.5, 0.6) is 0 Å². The van der Waals surface area contributed by atoms with Crippen LogP contribution in [0.3, 0.4) is 0 Å². The zero-order valence-corrected chi connectivity index (χ0v) is 11.0. The van der Waals surface area contributed by atoms with E-state index < -0.39 is 0 Å². The second-order valence-corrected chi connectivity index (χ2v) is 4.62.